The minimum atomic E-state index is -0.469. The maximum Gasteiger partial charge on any atom is 0.243 e. The normalized spacial score (nSPS) is 12.2. The molecule has 0 radical (unpaired) electrons. The molecule has 1 atom stereocenters. The molecule has 1 aromatic carbocycles. The SMILES string of the molecule is CC[C@@H](N)C(=O)N(C)c1ccc(O)cc1. The predicted molar refractivity (Wildman–Crippen MR) is 59.8 cm³/mol. The minimum absolute atomic E-state index is 0.122. The number of benzene rings is 1. The van der Waals surface area contributed by atoms with Crippen molar-refractivity contribution in [1.29, 1.82) is 0 Å². The van der Waals surface area contributed by atoms with Gasteiger partial charge in [-0.15, -0.1) is 0 Å². The molecule has 1 rings (SSSR count). The van der Waals surface area contributed by atoms with E-state index in [1.807, 2.05) is 6.92 Å². The fourth-order valence-corrected chi connectivity index (χ4v) is 1.23. The summed E-state index contributed by atoms with van der Waals surface area (Å²) >= 11 is 0. The molecule has 0 saturated carbocycles. The third-order valence-electron chi connectivity index (χ3n) is 2.32. The molecule has 4 nitrogen and oxygen atoms in total. The maximum atomic E-state index is 11.7. The molecular formula is C11H16N2O2. The van der Waals surface area contributed by atoms with Crippen molar-refractivity contribution in [2.24, 2.45) is 5.73 Å². The third-order valence-corrected chi connectivity index (χ3v) is 2.32. The number of nitrogens with zero attached hydrogens (tertiary/aromatic N) is 1. The van der Waals surface area contributed by atoms with E-state index in [2.05, 4.69) is 0 Å². The van der Waals surface area contributed by atoms with Gasteiger partial charge in [-0.25, -0.2) is 0 Å². The summed E-state index contributed by atoms with van der Waals surface area (Å²) in [5, 5.41) is 9.10. The van der Waals surface area contributed by atoms with Gasteiger partial charge >= 0.3 is 0 Å². The minimum Gasteiger partial charge on any atom is -0.508 e. The summed E-state index contributed by atoms with van der Waals surface area (Å²) in [4.78, 5) is 13.2. The van der Waals surface area contributed by atoms with Crippen molar-refractivity contribution in [2.75, 3.05) is 11.9 Å². The molecule has 1 amide bonds. The van der Waals surface area contributed by atoms with E-state index in [0.717, 1.165) is 5.69 Å². The molecule has 0 aliphatic rings. The first-order valence-electron chi connectivity index (χ1n) is 4.88. The molecule has 0 spiro atoms. The molecule has 0 fully saturated rings. The Hall–Kier alpha value is -1.55. The zero-order valence-corrected chi connectivity index (χ0v) is 8.97. The van der Waals surface area contributed by atoms with Crippen LogP contribution in [0, 0.1) is 0 Å². The lowest BCUT2D eigenvalue weighted by Gasteiger charge is -2.20. The van der Waals surface area contributed by atoms with E-state index in [4.69, 9.17) is 10.8 Å². The summed E-state index contributed by atoms with van der Waals surface area (Å²) in [6, 6.07) is 5.96. The second-order valence-corrected chi connectivity index (χ2v) is 3.43. The van der Waals surface area contributed by atoms with E-state index < -0.39 is 6.04 Å². The Morgan fingerprint density at radius 3 is 2.47 bits per heavy atom. The summed E-state index contributed by atoms with van der Waals surface area (Å²) in [6.45, 7) is 1.87. The Bertz CT molecular complexity index is 335. The number of hydrogen-bond donors (Lipinski definition) is 2. The Labute approximate surface area is 89.3 Å². The van der Waals surface area contributed by atoms with Gasteiger partial charge < -0.3 is 15.7 Å². The van der Waals surface area contributed by atoms with Crippen LogP contribution in [0.5, 0.6) is 5.75 Å². The van der Waals surface area contributed by atoms with Crippen LogP contribution in [0.2, 0.25) is 0 Å². The van der Waals surface area contributed by atoms with Crippen molar-refractivity contribution in [2.45, 2.75) is 19.4 Å². The molecule has 0 aliphatic heterocycles. The number of aromatic hydroxyl groups is 1. The summed E-state index contributed by atoms with van der Waals surface area (Å²) in [7, 11) is 1.67. The number of hydrogen-bond acceptors (Lipinski definition) is 3. The fourth-order valence-electron chi connectivity index (χ4n) is 1.23. The number of rotatable bonds is 3. The van der Waals surface area contributed by atoms with Crippen LogP contribution in [0.1, 0.15) is 13.3 Å². The highest BCUT2D eigenvalue weighted by Gasteiger charge is 2.17. The van der Waals surface area contributed by atoms with Gasteiger partial charge in [0.25, 0.3) is 0 Å². The van der Waals surface area contributed by atoms with Crippen LogP contribution in [0.25, 0.3) is 0 Å². The Balaban J connectivity index is 2.80. The lowest BCUT2D eigenvalue weighted by atomic mass is 10.2. The zero-order chi connectivity index (χ0) is 11.4. The summed E-state index contributed by atoms with van der Waals surface area (Å²) in [5.74, 6) is 0.0579. The van der Waals surface area contributed by atoms with Gasteiger partial charge in [0.05, 0.1) is 6.04 Å². The number of carbonyl (C=O) groups excluding carboxylic acids is 1. The first kappa shape index (κ1) is 11.5. The summed E-state index contributed by atoms with van der Waals surface area (Å²) in [6.07, 6.45) is 0.612. The number of amides is 1. The zero-order valence-electron chi connectivity index (χ0n) is 8.97. The van der Waals surface area contributed by atoms with Crippen LogP contribution in [-0.4, -0.2) is 24.1 Å². The molecule has 0 heterocycles. The van der Waals surface area contributed by atoms with Crippen molar-refractivity contribution in [1.82, 2.24) is 0 Å². The number of phenolic OH excluding ortho intramolecular Hbond substituents is 1. The molecular weight excluding hydrogens is 192 g/mol. The van der Waals surface area contributed by atoms with E-state index in [1.165, 1.54) is 17.0 Å². The smallest absolute Gasteiger partial charge is 0.243 e. The Kier molecular flexibility index (Phi) is 3.68. The molecule has 0 unspecified atom stereocenters. The van der Waals surface area contributed by atoms with Crippen LogP contribution < -0.4 is 10.6 Å². The standard InChI is InChI=1S/C11H16N2O2/c1-3-10(12)11(15)13(2)8-4-6-9(14)7-5-8/h4-7,10,14H,3,12H2,1-2H3/t10-/m1/s1. The maximum absolute atomic E-state index is 11.7. The molecule has 0 aromatic heterocycles. The highest BCUT2D eigenvalue weighted by atomic mass is 16.3. The largest absolute Gasteiger partial charge is 0.508 e. The molecule has 0 aliphatic carbocycles. The van der Waals surface area contributed by atoms with Crippen LogP contribution in [0.15, 0.2) is 24.3 Å². The number of phenols is 1. The number of anilines is 1. The fraction of sp³-hybridized carbons (Fsp3) is 0.364. The number of carbonyl (C=O) groups is 1. The van der Waals surface area contributed by atoms with E-state index in [-0.39, 0.29) is 11.7 Å². The van der Waals surface area contributed by atoms with Crippen LogP contribution in [-0.2, 0) is 4.79 Å². The van der Waals surface area contributed by atoms with Crippen molar-refractivity contribution < 1.29 is 9.90 Å². The van der Waals surface area contributed by atoms with Crippen molar-refractivity contribution in [3.05, 3.63) is 24.3 Å². The topological polar surface area (TPSA) is 66.6 Å². The second kappa shape index (κ2) is 4.79. The van der Waals surface area contributed by atoms with Gasteiger partial charge in [-0.1, -0.05) is 6.92 Å². The van der Waals surface area contributed by atoms with Crippen LogP contribution in [0.3, 0.4) is 0 Å². The summed E-state index contributed by atoms with van der Waals surface area (Å²) < 4.78 is 0. The van der Waals surface area contributed by atoms with Gasteiger partial charge in [0.2, 0.25) is 5.91 Å². The Morgan fingerprint density at radius 1 is 1.47 bits per heavy atom. The molecule has 0 saturated heterocycles. The van der Waals surface area contributed by atoms with Gasteiger partial charge in [-0.3, -0.25) is 4.79 Å². The van der Waals surface area contributed by atoms with Gasteiger partial charge in [-0.2, -0.15) is 0 Å². The van der Waals surface area contributed by atoms with Crippen molar-refractivity contribution in [3.63, 3.8) is 0 Å². The second-order valence-electron chi connectivity index (χ2n) is 3.43. The van der Waals surface area contributed by atoms with Gasteiger partial charge in [0.15, 0.2) is 0 Å². The molecule has 0 bridgehead atoms. The molecule has 3 N–H and O–H groups in total. The van der Waals surface area contributed by atoms with E-state index in [9.17, 15) is 4.79 Å². The lowest BCUT2D eigenvalue weighted by molar-refractivity contribution is -0.119. The van der Waals surface area contributed by atoms with E-state index in [1.54, 1.807) is 19.2 Å². The van der Waals surface area contributed by atoms with Gasteiger partial charge in [0, 0.05) is 12.7 Å². The highest BCUT2D eigenvalue weighted by molar-refractivity contribution is 5.96. The Morgan fingerprint density at radius 2 is 2.00 bits per heavy atom. The molecule has 15 heavy (non-hydrogen) atoms. The highest BCUT2D eigenvalue weighted by Crippen LogP contribution is 2.17. The number of nitrogens with two attached hydrogens (primary N) is 1. The van der Waals surface area contributed by atoms with Crippen molar-refractivity contribution >= 4 is 11.6 Å². The van der Waals surface area contributed by atoms with Gasteiger partial charge in [-0.05, 0) is 30.7 Å². The van der Waals surface area contributed by atoms with Gasteiger partial charge in [0.1, 0.15) is 5.75 Å². The lowest BCUT2D eigenvalue weighted by Crippen LogP contribution is -2.41. The van der Waals surface area contributed by atoms with Crippen molar-refractivity contribution in [3.8, 4) is 5.75 Å². The number of likely N-dealkylation sites (N-methyl/N-ethyl adjacent to an activating group) is 1. The monoisotopic (exact) mass is 208 g/mol. The predicted octanol–water partition coefficient (Wildman–Crippen LogP) is 1.09. The molecule has 1 aromatic rings. The first-order valence-corrected chi connectivity index (χ1v) is 4.88. The average molecular weight is 208 g/mol. The molecule has 82 valence electrons. The van der Waals surface area contributed by atoms with E-state index >= 15 is 0 Å². The first-order chi connectivity index (χ1) is 7.06. The third kappa shape index (κ3) is 2.70. The quantitative estimate of drug-likeness (QED) is 0.781. The summed E-state index contributed by atoms with van der Waals surface area (Å²) in [5.41, 5.74) is 6.37. The average Bonchev–Trinajstić information content (AvgIpc) is 2.27. The van der Waals surface area contributed by atoms with E-state index in [0.29, 0.717) is 6.42 Å². The molecule has 4 heteroatoms. The van der Waals surface area contributed by atoms with Crippen LogP contribution >= 0.6 is 0 Å². The van der Waals surface area contributed by atoms with Crippen LogP contribution in [0.4, 0.5) is 5.69 Å².